The molecule has 94 valence electrons. The molecule has 2 aromatic rings. The maximum atomic E-state index is 11.4. The van der Waals surface area contributed by atoms with Gasteiger partial charge in [-0.1, -0.05) is 12.5 Å². The third-order valence-corrected chi connectivity index (χ3v) is 4.07. The largest absolute Gasteiger partial charge is 0.481 e. The summed E-state index contributed by atoms with van der Waals surface area (Å²) in [6.07, 6.45) is 3.87. The number of aromatic nitrogens is 2. The van der Waals surface area contributed by atoms with Crippen LogP contribution in [0.4, 0.5) is 0 Å². The lowest BCUT2D eigenvalue weighted by molar-refractivity contribution is -0.156. The zero-order chi connectivity index (χ0) is 12.8. The first-order chi connectivity index (χ1) is 8.63. The second-order valence-electron chi connectivity index (χ2n) is 4.97. The summed E-state index contributed by atoms with van der Waals surface area (Å²) in [6.45, 7) is 0. The van der Waals surface area contributed by atoms with E-state index < -0.39 is 17.4 Å². The molecule has 0 aliphatic heterocycles. The standard InChI is InChI=1S/C13H15N3O2/c14-11(13(12(17)18)4-1-5-13)8-2-3-9-10(6-8)16-7-15-9/h2-3,6-7,11H,1,4-5,14H2,(H,15,16)(H,17,18). The predicted molar refractivity (Wildman–Crippen MR) is 66.9 cm³/mol. The highest BCUT2D eigenvalue weighted by Crippen LogP contribution is 2.49. The number of aliphatic carboxylic acids is 1. The number of fused-ring (bicyclic) bond motifs is 1. The van der Waals surface area contributed by atoms with Crippen LogP contribution in [0, 0.1) is 5.41 Å². The van der Waals surface area contributed by atoms with Crippen molar-refractivity contribution in [1.29, 1.82) is 0 Å². The van der Waals surface area contributed by atoms with Crippen molar-refractivity contribution < 1.29 is 9.90 Å². The van der Waals surface area contributed by atoms with E-state index in [1.54, 1.807) is 6.33 Å². The van der Waals surface area contributed by atoms with Crippen molar-refractivity contribution >= 4 is 17.0 Å². The number of nitrogens with two attached hydrogens (primary N) is 1. The van der Waals surface area contributed by atoms with Gasteiger partial charge in [0.2, 0.25) is 0 Å². The zero-order valence-corrected chi connectivity index (χ0v) is 9.89. The number of nitrogens with one attached hydrogen (secondary N) is 1. The number of imidazole rings is 1. The Bertz CT molecular complexity index is 601. The van der Waals surface area contributed by atoms with Gasteiger partial charge in [0.05, 0.1) is 22.8 Å². The summed E-state index contributed by atoms with van der Waals surface area (Å²) in [5.74, 6) is -0.786. The average Bonchev–Trinajstić information content (AvgIpc) is 2.73. The number of aromatic amines is 1. The fourth-order valence-corrected chi connectivity index (χ4v) is 2.68. The number of carboxylic acids is 1. The Labute approximate surface area is 104 Å². The van der Waals surface area contributed by atoms with Crippen LogP contribution in [-0.2, 0) is 4.79 Å². The maximum Gasteiger partial charge on any atom is 0.311 e. The molecule has 5 heteroatoms. The molecular weight excluding hydrogens is 230 g/mol. The molecule has 0 amide bonds. The van der Waals surface area contributed by atoms with Gasteiger partial charge < -0.3 is 15.8 Å². The highest BCUT2D eigenvalue weighted by Gasteiger charge is 2.49. The molecule has 18 heavy (non-hydrogen) atoms. The van der Waals surface area contributed by atoms with Gasteiger partial charge in [-0.3, -0.25) is 4.79 Å². The van der Waals surface area contributed by atoms with Crippen LogP contribution >= 0.6 is 0 Å². The number of hydrogen-bond acceptors (Lipinski definition) is 3. The van der Waals surface area contributed by atoms with E-state index in [9.17, 15) is 9.90 Å². The van der Waals surface area contributed by atoms with E-state index in [1.165, 1.54) is 0 Å². The van der Waals surface area contributed by atoms with Gasteiger partial charge in [-0.05, 0) is 30.5 Å². The van der Waals surface area contributed by atoms with Crippen molar-refractivity contribution in [2.45, 2.75) is 25.3 Å². The van der Waals surface area contributed by atoms with Crippen LogP contribution in [0.2, 0.25) is 0 Å². The lowest BCUT2D eigenvalue weighted by atomic mass is 9.62. The van der Waals surface area contributed by atoms with Crippen LogP contribution < -0.4 is 5.73 Å². The summed E-state index contributed by atoms with van der Waals surface area (Å²) in [4.78, 5) is 18.6. The Hall–Kier alpha value is -1.88. The monoisotopic (exact) mass is 245 g/mol. The molecule has 0 spiro atoms. The molecule has 0 saturated heterocycles. The van der Waals surface area contributed by atoms with Crippen LogP contribution in [0.3, 0.4) is 0 Å². The van der Waals surface area contributed by atoms with E-state index in [0.29, 0.717) is 12.8 Å². The van der Waals surface area contributed by atoms with E-state index in [1.807, 2.05) is 18.2 Å². The van der Waals surface area contributed by atoms with Gasteiger partial charge in [-0.25, -0.2) is 4.98 Å². The average molecular weight is 245 g/mol. The molecule has 1 fully saturated rings. The number of carboxylic acid groups (broad SMARTS) is 1. The molecule has 1 aliphatic carbocycles. The SMILES string of the molecule is NC(c1ccc2nc[nH]c2c1)C1(C(=O)O)CCC1. The smallest absolute Gasteiger partial charge is 0.311 e. The van der Waals surface area contributed by atoms with E-state index in [0.717, 1.165) is 23.0 Å². The first-order valence-corrected chi connectivity index (χ1v) is 6.05. The molecule has 1 aromatic carbocycles. The molecule has 3 rings (SSSR count). The molecule has 0 bridgehead atoms. The van der Waals surface area contributed by atoms with Crippen molar-refractivity contribution in [3.63, 3.8) is 0 Å². The predicted octanol–water partition coefficient (Wildman–Crippen LogP) is 1.82. The number of nitrogens with zero attached hydrogens (tertiary/aromatic N) is 1. The Morgan fingerprint density at radius 2 is 2.28 bits per heavy atom. The minimum absolute atomic E-state index is 0.462. The first-order valence-electron chi connectivity index (χ1n) is 6.05. The van der Waals surface area contributed by atoms with Crippen molar-refractivity contribution in [3.8, 4) is 0 Å². The molecule has 1 heterocycles. The second-order valence-corrected chi connectivity index (χ2v) is 4.97. The summed E-state index contributed by atoms with van der Waals surface area (Å²) >= 11 is 0. The summed E-state index contributed by atoms with van der Waals surface area (Å²) in [7, 11) is 0. The van der Waals surface area contributed by atoms with Gasteiger partial charge in [0, 0.05) is 6.04 Å². The Morgan fingerprint density at radius 3 is 2.89 bits per heavy atom. The van der Waals surface area contributed by atoms with Gasteiger partial charge in [-0.15, -0.1) is 0 Å². The Balaban J connectivity index is 2.00. The van der Waals surface area contributed by atoms with Gasteiger partial charge in [0.15, 0.2) is 0 Å². The van der Waals surface area contributed by atoms with Crippen LogP contribution in [-0.4, -0.2) is 21.0 Å². The van der Waals surface area contributed by atoms with Crippen LogP contribution in [0.15, 0.2) is 24.5 Å². The lowest BCUT2D eigenvalue weighted by Crippen LogP contribution is -2.46. The third kappa shape index (κ3) is 1.44. The normalized spacial score (nSPS) is 19.4. The zero-order valence-electron chi connectivity index (χ0n) is 9.89. The lowest BCUT2D eigenvalue weighted by Gasteiger charge is -2.42. The number of H-pyrrole nitrogens is 1. The van der Waals surface area contributed by atoms with Gasteiger partial charge >= 0.3 is 5.97 Å². The highest BCUT2D eigenvalue weighted by molar-refractivity contribution is 5.79. The van der Waals surface area contributed by atoms with Gasteiger partial charge in [0.25, 0.3) is 0 Å². The maximum absolute atomic E-state index is 11.4. The molecule has 1 saturated carbocycles. The number of rotatable bonds is 3. The molecule has 0 radical (unpaired) electrons. The summed E-state index contributed by atoms with van der Waals surface area (Å²) in [6, 6.07) is 5.18. The minimum atomic E-state index is -0.786. The van der Waals surface area contributed by atoms with Crippen LogP contribution in [0.5, 0.6) is 0 Å². The number of benzene rings is 1. The first kappa shape index (κ1) is 11.2. The molecule has 4 N–H and O–H groups in total. The van der Waals surface area contributed by atoms with E-state index in [-0.39, 0.29) is 0 Å². The third-order valence-electron chi connectivity index (χ3n) is 4.07. The second kappa shape index (κ2) is 3.81. The quantitative estimate of drug-likeness (QED) is 0.769. The van der Waals surface area contributed by atoms with Crippen molar-refractivity contribution in [1.82, 2.24) is 9.97 Å². The van der Waals surface area contributed by atoms with E-state index in [2.05, 4.69) is 9.97 Å². The van der Waals surface area contributed by atoms with Crippen LogP contribution in [0.25, 0.3) is 11.0 Å². The van der Waals surface area contributed by atoms with Crippen molar-refractivity contribution in [2.75, 3.05) is 0 Å². The molecule has 1 atom stereocenters. The Kier molecular flexibility index (Phi) is 2.38. The van der Waals surface area contributed by atoms with Crippen molar-refractivity contribution in [3.05, 3.63) is 30.1 Å². The fraction of sp³-hybridized carbons (Fsp3) is 0.385. The minimum Gasteiger partial charge on any atom is -0.481 e. The fourth-order valence-electron chi connectivity index (χ4n) is 2.68. The number of hydrogen-bond donors (Lipinski definition) is 3. The Morgan fingerprint density at radius 1 is 1.50 bits per heavy atom. The molecular formula is C13H15N3O2. The van der Waals surface area contributed by atoms with E-state index in [4.69, 9.17) is 5.73 Å². The highest BCUT2D eigenvalue weighted by atomic mass is 16.4. The molecule has 1 aromatic heterocycles. The number of carbonyl (C=O) groups is 1. The summed E-state index contributed by atoms with van der Waals surface area (Å²) < 4.78 is 0. The van der Waals surface area contributed by atoms with Crippen LogP contribution in [0.1, 0.15) is 30.9 Å². The summed E-state index contributed by atoms with van der Waals surface area (Å²) in [5, 5.41) is 9.39. The molecule has 5 nitrogen and oxygen atoms in total. The molecule has 1 aliphatic rings. The summed E-state index contributed by atoms with van der Waals surface area (Å²) in [5.41, 5.74) is 8.01. The van der Waals surface area contributed by atoms with Gasteiger partial charge in [0.1, 0.15) is 0 Å². The van der Waals surface area contributed by atoms with E-state index >= 15 is 0 Å². The molecule has 1 unspecified atom stereocenters. The topological polar surface area (TPSA) is 92.0 Å². The van der Waals surface area contributed by atoms with Crippen molar-refractivity contribution in [2.24, 2.45) is 11.1 Å². The van der Waals surface area contributed by atoms with Gasteiger partial charge in [-0.2, -0.15) is 0 Å².